The van der Waals surface area contributed by atoms with Crippen molar-refractivity contribution in [1.29, 1.82) is 0 Å². The Bertz CT molecular complexity index is 142. The van der Waals surface area contributed by atoms with E-state index in [0.29, 0.717) is 6.04 Å². The number of piperidine rings is 1. The second-order valence-electron chi connectivity index (χ2n) is 3.25. The zero-order valence-corrected chi connectivity index (χ0v) is 8.24. The van der Waals surface area contributed by atoms with E-state index in [0.717, 1.165) is 18.6 Å². The van der Waals surface area contributed by atoms with Gasteiger partial charge >= 0.3 is 0 Å². The molecule has 0 spiro atoms. The third-order valence-corrected chi connectivity index (χ3v) is 3.99. The van der Waals surface area contributed by atoms with Gasteiger partial charge in [-0.2, -0.15) is 0 Å². The number of methoxy groups -OCH3 is 1. The highest BCUT2D eigenvalue weighted by atomic mass is 127. The second kappa shape index (κ2) is 2.60. The molecule has 0 aromatic heterocycles. The van der Waals surface area contributed by atoms with Crippen LogP contribution in [0, 0.1) is 5.92 Å². The number of rotatable bonds is 2. The Morgan fingerprint density at radius 2 is 2.40 bits per heavy atom. The summed E-state index contributed by atoms with van der Waals surface area (Å²) in [6.07, 6.45) is 2.80. The molecule has 0 aromatic carbocycles. The maximum Gasteiger partial charge on any atom is 0.0626 e. The molecule has 1 aliphatic heterocycles. The van der Waals surface area contributed by atoms with Gasteiger partial charge in [0.25, 0.3) is 0 Å². The Morgan fingerprint density at radius 1 is 1.60 bits per heavy atom. The molecule has 2 aliphatic rings. The lowest BCUT2D eigenvalue weighted by Crippen LogP contribution is -2.27. The predicted octanol–water partition coefficient (Wildman–Crippen LogP) is 1.45. The molecule has 1 saturated heterocycles. The van der Waals surface area contributed by atoms with E-state index < -0.39 is 0 Å². The summed E-state index contributed by atoms with van der Waals surface area (Å²) in [4.78, 5) is 0. The molecule has 3 heteroatoms. The Kier molecular flexibility index (Phi) is 1.90. The minimum atomic E-state index is 0.703. The van der Waals surface area contributed by atoms with Gasteiger partial charge in [-0.3, -0.25) is 0 Å². The van der Waals surface area contributed by atoms with Crippen molar-refractivity contribution >= 4 is 22.9 Å². The van der Waals surface area contributed by atoms with E-state index in [1.807, 2.05) is 0 Å². The molecule has 3 atom stereocenters. The fraction of sp³-hybridized carbons (Fsp3) is 1.00. The van der Waals surface area contributed by atoms with Crippen LogP contribution in [0.3, 0.4) is 0 Å². The summed E-state index contributed by atoms with van der Waals surface area (Å²) in [6, 6.07) is 1.61. The first-order chi connectivity index (χ1) is 4.83. The fourth-order valence-corrected chi connectivity index (χ4v) is 2.91. The molecule has 58 valence electrons. The molecular formula is C7H12INO. The fourth-order valence-electron chi connectivity index (χ4n) is 1.84. The summed E-state index contributed by atoms with van der Waals surface area (Å²) in [5.41, 5.74) is 0. The van der Waals surface area contributed by atoms with Crippen molar-refractivity contribution in [2.45, 2.75) is 24.9 Å². The molecular weight excluding hydrogens is 241 g/mol. The summed E-state index contributed by atoms with van der Waals surface area (Å²) in [5.74, 6) is 1.01. The summed E-state index contributed by atoms with van der Waals surface area (Å²) in [7, 11) is 1.79. The summed E-state index contributed by atoms with van der Waals surface area (Å²) >= 11 is 2.44. The average molecular weight is 253 g/mol. The highest BCUT2D eigenvalue weighted by Crippen LogP contribution is 2.49. The summed E-state index contributed by atoms with van der Waals surface area (Å²) < 4.78 is 7.57. The zero-order valence-electron chi connectivity index (χ0n) is 6.09. The van der Waals surface area contributed by atoms with Gasteiger partial charge in [0.05, 0.1) is 6.61 Å². The van der Waals surface area contributed by atoms with Crippen molar-refractivity contribution in [1.82, 2.24) is 3.11 Å². The van der Waals surface area contributed by atoms with Crippen LogP contribution < -0.4 is 0 Å². The normalized spacial score (nSPS) is 45.6. The van der Waals surface area contributed by atoms with E-state index in [1.165, 1.54) is 12.8 Å². The van der Waals surface area contributed by atoms with Gasteiger partial charge in [-0.1, -0.05) is 0 Å². The number of ether oxygens (including phenoxy) is 1. The van der Waals surface area contributed by atoms with E-state index in [4.69, 9.17) is 4.74 Å². The minimum Gasteiger partial charge on any atom is -0.383 e. The maximum absolute atomic E-state index is 5.12. The van der Waals surface area contributed by atoms with Crippen LogP contribution >= 0.6 is 22.9 Å². The van der Waals surface area contributed by atoms with Gasteiger partial charge in [0.1, 0.15) is 0 Å². The van der Waals surface area contributed by atoms with Gasteiger partial charge in [-0.05, 0) is 18.8 Å². The molecule has 1 saturated carbocycles. The van der Waals surface area contributed by atoms with Crippen molar-refractivity contribution in [3.05, 3.63) is 0 Å². The standard InChI is InChI=1S/C7H12INO/c1-10-4-6-2-5-3-7(5)9(6)8/h5-7H,2-4H2,1H3. The molecule has 0 amide bonds. The van der Waals surface area contributed by atoms with E-state index in [2.05, 4.69) is 26.0 Å². The maximum atomic E-state index is 5.12. The number of hydrogen-bond donors (Lipinski definition) is 0. The molecule has 2 nitrogen and oxygen atoms in total. The lowest BCUT2D eigenvalue weighted by Gasteiger charge is -2.18. The van der Waals surface area contributed by atoms with Crippen molar-refractivity contribution in [2.75, 3.05) is 13.7 Å². The van der Waals surface area contributed by atoms with Crippen LogP contribution in [0.1, 0.15) is 12.8 Å². The van der Waals surface area contributed by atoms with Gasteiger partial charge in [0.15, 0.2) is 0 Å². The Balaban J connectivity index is 1.88. The number of fused-ring (bicyclic) bond motifs is 1. The van der Waals surface area contributed by atoms with Crippen LogP contribution in [-0.2, 0) is 4.74 Å². The third-order valence-electron chi connectivity index (χ3n) is 2.48. The quantitative estimate of drug-likeness (QED) is 0.545. The SMILES string of the molecule is COCC1CC2CC2N1I. The summed E-state index contributed by atoms with van der Waals surface area (Å²) in [6.45, 7) is 0.913. The molecule has 1 heterocycles. The van der Waals surface area contributed by atoms with Crippen LogP contribution in [0.4, 0.5) is 0 Å². The van der Waals surface area contributed by atoms with Crippen molar-refractivity contribution < 1.29 is 4.74 Å². The van der Waals surface area contributed by atoms with Crippen molar-refractivity contribution in [3.63, 3.8) is 0 Å². The second-order valence-corrected chi connectivity index (χ2v) is 4.37. The lowest BCUT2D eigenvalue weighted by molar-refractivity contribution is 0.149. The zero-order chi connectivity index (χ0) is 7.14. The molecule has 0 N–H and O–H groups in total. The minimum absolute atomic E-state index is 0.703. The molecule has 2 fully saturated rings. The molecule has 0 radical (unpaired) electrons. The molecule has 0 bridgehead atoms. The molecule has 2 rings (SSSR count). The molecule has 1 aliphatic carbocycles. The summed E-state index contributed by atoms with van der Waals surface area (Å²) in [5, 5.41) is 0. The lowest BCUT2D eigenvalue weighted by atomic mass is 10.2. The predicted molar refractivity (Wildman–Crippen MR) is 48.0 cm³/mol. The topological polar surface area (TPSA) is 12.5 Å². The van der Waals surface area contributed by atoms with E-state index in [-0.39, 0.29) is 0 Å². The Morgan fingerprint density at radius 3 is 2.90 bits per heavy atom. The van der Waals surface area contributed by atoms with Crippen molar-refractivity contribution in [3.8, 4) is 0 Å². The number of hydrogen-bond acceptors (Lipinski definition) is 2. The van der Waals surface area contributed by atoms with Crippen LogP contribution in [0.5, 0.6) is 0 Å². The first-order valence-electron chi connectivity index (χ1n) is 3.76. The largest absolute Gasteiger partial charge is 0.383 e. The number of nitrogens with zero attached hydrogens (tertiary/aromatic N) is 1. The van der Waals surface area contributed by atoms with Gasteiger partial charge in [0, 0.05) is 42.1 Å². The van der Waals surface area contributed by atoms with Crippen molar-refractivity contribution in [2.24, 2.45) is 5.92 Å². The van der Waals surface area contributed by atoms with Crippen LogP contribution in [0.25, 0.3) is 0 Å². The van der Waals surface area contributed by atoms with E-state index in [9.17, 15) is 0 Å². The average Bonchev–Trinajstić information content (AvgIpc) is 2.60. The molecule has 3 unspecified atom stereocenters. The van der Waals surface area contributed by atoms with Gasteiger partial charge in [0.2, 0.25) is 0 Å². The monoisotopic (exact) mass is 253 g/mol. The Labute approximate surface area is 75.4 Å². The van der Waals surface area contributed by atoms with Crippen LogP contribution in [0.15, 0.2) is 0 Å². The van der Waals surface area contributed by atoms with Gasteiger partial charge in [-0.25, -0.2) is 3.11 Å². The van der Waals surface area contributed by atoms with Gasteiger partial charge in [-0.15, -0.1) is 0 Å². The van der Waals surface area contributed by atoms with E-state index in [1.54, 1.807) is 7.11 Å². The first kappa shape index (κ1) is 7.31. The van der Waals surface area contributed by atoms with Crippen LogP contribution in [-0.4, -0.2) is 28.9 Å². The van der Waals surface area contributed by atoms with Crippen LogP contribution in [0.2, 0.25) is 0 Å². The first-order valence-corrected chi connectivity index (χ1v) is 4.72. The third kappa shape index (κ3) is 1.08. The highest BCUT2D eigenvalue weighted by Gasteiger charge is 2.50. The molecule has 10 heavy (non-hydrogen) atoms. The Hall–Kier alpha value is 0.650. The van der Waals surface area contributed by atoms with Gasteiger partial charge < -0.3 is 4.74 Å². The number of halogens is 1. The van der Waals surface area contributed by atoms with E-state index >= 15 is 0 Å². The molecule has 0 aromatic rings. The smallest absolute Gasteiger partial charge is 0.0626 e. The highest BCUT2D eigenvalue weighted by molar-refractivity contribution is 14.1.